The Balaban J connectivity index is 2.17. The highest BCUT2D eigenvalue weighted by atomic mass is 19.4. The van der Waals surface area contributed by atoms with E-state index >= 15 is 0 Å². The average molecular weight is 283 g/mol. The maximum atomic E-state index is 12.1. The summed E-state index contributed by atoms with van der Waals surface area (Å²) in [6.07, 6.45) is -4.72. The van der Waals surface area contributed by atoms with E-state index < -0.39 is 6.36 Å². The second kappa shape index (κ2) is 5.20. The first-order chi connectivity index (χ1) is 9.33. The molecule has 2 aromatic carbocycles. The van der Waals surface area contributed by atoms with Gasteiger partial charge in [0.25, 0.3) is 0 Å². The molecule has 0 heterocycles. The van der Waals surface area contributed by atoms with Gasteiger partial charge in [0.1, 0.15) is 5.75 Å². The Kier molecular flexibility index (Phi) is 3.60. The fraction of sp³-hybridized carbons (Fsp3) is 0.0769. The van der Waals surface area contributed by atoms with Crippen molar-refractivity contribution in [2.45, 2.75) is 6.36 Å². The molecule has 0 fully saturated rings. The number of nitrogens with two attached hydrogens (primary N) is 2. The third kappa shape index (κ3) is 3.71. The Bertz CT molecular complexity index is 614. The molecule has 0 aliphatic heterocycles. The number of halogens is 3. The Morgan fingerprint density at radius 1 is 0.900 bits per heavy atom. The first kappa shape index (κ1) is 13.9. The summed E-state index contributed by atoms with van der Waals surface area (Å²) in [7, 11) is 0. The number of hydrogen-bond acceptors (Lipinski definition) is 4. The van der Waals surface area contributed by atoms with E-state index in [0.29, 0.717) is 22.7 Å². The maximum Gasteiger partial charge on any atom is 0.573 e. The molecular formula is C13H12F3N3O. The number of anilines is 4. The number of alkyl halides is 3. The molecule has 0 unspecified atom stereocenters. The van der Waals surface area contributed by atoms with Crippen LogP contribution in [0.5, 0.6) is 5.75 Å². The van der Waals surface area contributed by atoms with Crippen LogP contribution in [0, 0.1) is 0 Å². The molecule has 2 aromatic rings. The van der Waals surface area contributed by atoms with E-state index in [0.717, 1.165) is 0 Å². The highest BCUT2D eigenvalue weighted by molar-refractivity contribution is 5.72. The van der Waals surface area contributed by atoms with Crippen LogP contribution in [-0.4, -0.2) is 6.36 Å². The van der Waals surface area contributed by atoms with Crippen molar-refractivity contribution in [2.24, 2.45) is 0 Å². The lowest BCUT2D eigenvalue weighted by molar-refractivity contribution is -0.274. The molecule has 106 valence electrons. The van der Waals surface area contributed by atoms with Crippen molar-refractivity contribution < 1.29 is 17.9 Å². The maximum absolute atomic E-state index is 12.1. The van der Waals surface area contributed by atoms with Gasteiger partial charge in [-0.1, -0.05) is 6.07 Å². The fourth-order valence-corrected chi connectivity index (χ4v) is 1.59. The number of hydrogen-bond donors (Lipinski definition) is 3. The Labute approximate surface area is 113 Å². The number of nitrogens with one attached hydrogen (secondary N) is 1. The summed E-state index contributed by atoms with van der Waals surface area (Å²) >= 11 is 0. The highest BCUT2D eigenvalue weighted by Gasteiger charge is 2.31. The van der Waals surface area contributed by atoms with E-state index in [1.54, 1.807) is 24.3 Å². The van der Waals surface area contributed by atoms with Gasteiger partial charge in [-0.25, -0.2) is 0 Å². The molecule has 20 heavy (non-hydrogen) atoms. The van der Waals surface area contributed by atoms with Gasteiger partial charge in [0.2, 0.25) is 0 Å². The molecule has 7 heteroatoms. The molecule has 0 bridgehead atoms. The van der Waals surface area contributed by atoms with Crippen molar-refractivity contribution in [1.82, 2.24) is 0 Å². The van der Waals surface area contributed by atoms with E-state index in [4.69, 9.17) is 11.5 Å². The SMILES string of the molecule is Nc1ccc(Nc2cccc(OC(F)(F)F)c2)cc1N. The predicted octanol–water partition coefficient (Wildman–Crippen LogP) is 3.49. The van der Waals surface area contributed by atoms with Crippen molar-refractivity contribution in [2.75, 3.05) is 16.8 Å². The first-order valence-corrected chi connectivity index (χ1v) is 5.61. The quantitative estimate of drug-likeness (QED) is 0.754. The smallest absolute Gasteiger partial charge is 0.406 e. The van der Waals surface area contributed by atoms with Crippen molar-refractivity contribution in [3.8, 4) is 5.75 Å². The van der Waals surface area contributed by atoms with Crippen molar-refractivity contribution in [3.05, 3.63) is 42.5 Å². The van der Waals surface area contributed by atoms with Crippen molar-refractivity contribution in [1.29, 1.82) is 0 Å². The molecular weight excluding hydrogens is 271 g/mol. The molecule has 0 aromatic heterocycles. The second-order valence-electron chi connectivity index (χ2n) is 4.04. The topological polar surface area (TPSA) is 73.3 Å². The molecule has 0 saturated heterocycles. The lowest BCUT2D eigenvalue weighted by Gasteiger charge is -2.12. The van der Waals surface area contributed by atoms with Gasteiger partial charge in [0.15, 0.2) is 0 Å². The lowest BCUT2D eigenvalue weighted by Crippen LogP contribution is -2.17. The summed E-state index contributed by atoms with van der Waals surface area (Å²) in [4.78, 5) is 0. The van der Waals surface area contributed by atoms with E-state index in [9.17, 15) is 13.2 Å². The van der Waals surface area contributed by atoms with Crippen LogP contribution in [0.25, 0.3) is 0 Å². The Morgan fingerprint density at radius 3 is 2.25 bits per heavy atom. The van der Waals surface area contributed by atoms with Crippen molar-refractivity contribution >= 4 is 22.7 Å². The van der Waals surface area contributed by atoms with Crippen LogP contribution in [-0.2, 0) is 0 Å². The molecule has 0 aliphatic rings. The number of ether oxygens (including phenoxy) is 1. The van der Waals surface area contributed by atoms with Crippen molar-refractivity contribution in [3.63, 3.8) is 0 Å². The first-order valence-electron chi connectivity index (χ1n) is 5.61. The molecule has 0 saturated carbocycles. The van der Waals surface area contributed by atoms with Crippen LogP contribution in [0.15, 0.2) is 42.5 Å². The third-order valence-corrected chi connectivity index (χ3v) is 2.44. The Morgan fingerprint density at radius 2 is 1.60 bits per heavy atom. The zero-order chi connectivity index (χ0) is 14.8. The largest absolute Gasteiger partial charge is 0.573 e. The van der Waals surface area contributed by atoms with Crippen LogP contribution in [0.2, 0.25) is 0 Å². The Hall–Kier alpha value is -2.57. The second-order valence-corrected chi connectivity index (χ2v) is 4.04. The summed E-state index contributed by atoms with van der Waals surface area (Å²) in [5.74, 6) is -0.300. The van der Waals surface area contributed by atoms with E-state index in [-0.39, 0.29) is 5.75 Å². The van der Waals surface area contributed by atoms with Gasteiger partial charge in [-0.2, -0.15) is 0 Å². The third-order valence-electron chi connectivity index (χ3n) is 2.44. The van der Waals surface area contributed by atoms with Crippen LogP contribution in [0.1, 0.15) is 0 Å². The summed E-state index contributed by atoms with van der Waals surface area (Å²) in [6.45, 7) is 0. The molecule has 2 rings (SSSR count). The van der Waals surface area contributed by atoms with Gasteiger partial charge in [0.05, 0.1) is 11.4 Å². The monoisotopic (exact) mass is 283 g/mol. The number of rotatable bonds is 3. The molecule has 4 nitrogen and oxygen atoms in total. The molecule has 0 aliphatic carbocycles. The fourth-order valence-electron chi connectivity index (χ4n) is 1.59. The molecule has 0 atom stereocenters. The predicted molar refractivity (Wildman–Crippen MR) is 71.7 cm³/mol. The molecule has 0 spiro atoms. The molecule has 0 radical (unpaired) electrons. The normalized spacial score (nSPS) is 11.2. The number of benzene rings is 2. The highest BCUT2D eigenvalue weighted by Crippen LogP contribution is 2.28. The van der Waals surface area contributed by atoms with E-state index in [2.05, 4.69) is 10.1 Å². The van der Waals surface area contributed by atoms with E-state index in [1.807, 2.05) is 0 Å². The van der Waals surface area contributed by atoms with Gasteiger partial charge in [0, 0.05) is 17.4 Å². The van der Waals surface area contributed by atoms with E-state index in [1.165, 1.54) is 18.2 Å². The van der Waals surface area contributed by atoms with Crippen LogP contribution < -0.4 is 21.5 Å². The lowest BCUT2D eigenvalue weighted by atomic mass is 10.2. The standard InChI is InChI=1S/C13H12F3N3O/c14-13(15,16)20-10-3-1-2-8(6-10)19-9-4-5-11(17)12(18)7-9/h1-7,19H,17-18H2. The van der Waals surface area contributed by atoms with Crippen LogP contribution >= 0.6 is 0 Å². The van der Waals surface area contributed by atoms with Gasteiger partial charge >= 0.3 is 6.36 Å². The summed E-state index contributed by atoms with van der Waals surface area (Å²) in [6, 6.07) is 10.4. The van der Waals surface area contributed by atoms with Crippen LogP contribution in [0.3, 0.4) is 0 Å². The zero-order valence-electron chi connectivity index (χ0n) is 10.2. The summed E-state index contributed by atoms with van der Waals surface area (Å²) in [5, 5.41) is 2.92. The van der Waals surface area contributed by atoms with Crippen LogP contribution in [0.4, 0.5) is 35.9 Å². The summed E-state index contributed by atoms with van der Waals surface area (Å²) < 4.78 is 40.2. The molecule has 5 N–H and O–H groups in total. The molecule has 0 amide bonds. The minimum absolute atomic E-state index is 0.300. The van der Waals surface area contributed by atoms with Gasteiger partial charge in [-0.3, -0.25) is 0 Å². The number of nitrogen functional groups attached to an aromatic ring is 2. The van der Waals surface area contributed by atoms with Gasteiger partial charge in [-0.15, -0.1) is 13.2 Å². The zero-order valence-corrected chi connectivity index (χ0v) is 10.2. The average Bonchev–Trinajstić information content (AvgIpc) is 2.32. The summed E-state index contributed by atoms with van der Waals surface area (Å²) in [5.41, 5.74) is 13.1. The van der Waals surface area contributed by atoms with Gasteiger partial charge in [-0.05, 0) is 30.3 Å². The minimum Gasteiger partial charge on any atom is -0.406 e. The minimum atomic E-state index is -4.72. The van der Waals surface area contributed by atoms with Gasteiger partial charge < -0.3 is 21.5 Å².